The predicted octanol–water partition coefficient (Wildman–Crippen LogP) is 1.69. The van der Waals surface area contributed by atoms with Crippen molar-refractivity contribution in [3.63, 3.8) is 0 Å². The maximum Gasteiger partial charge on any atom is 0.146 e. The first-order chi connectivity index (χ1) is 8.36. The summed E-state index contributed by atoms with van der Waals surface area (Å²) in [6, 6.07) is 6.14. The third kappa shape index (κ3) is 2.56. The van der Waals surface area contributed by atoms with Gasteiger partial charge in [-0.2, -0.15) is 5.26 Å². The van der Waals surface area contributed by atoms with Crippen LogP contribution in [-0.4, -0.2) is 29.3 Å². The van der Waals surface area contributed by atoms with Crippen LogP contribution in [0.5, 0.6) is 0 Å². The molecule has 1 N–H and O–H groups in total. The van der Waals surface area contributed by atoms with E-state index in [0.29, 0.717) is 18.2 Å². The van der Waals surface area contributed by atoms with Gasteiger partial charge in [-0.05, 0) is 25.0 Å². The van der Waals surface area contributed by atoms with E-state index in [1.807, 2.05) is 0 Å². The Morgan fingerprint density at radius 1 is 1.47 bits per heavy atom. The van der Waals surface area contributed by atoms with E-state index in [1.54, 1.807) is 18.3 Å². The number of aromatic nitrogens is 1. The summed E-state index contributed by atoms with van der Waals surface area (Å²) in [6.07, 6.45) is 6.40. The smallest absolute Gasteiger partial charge is 0.146 e. The molecule has 1 aliphatic carbocycles. The Morgan fingerprint density at radius 3 is 2.88 bits per heavy atom. The van der Waals surface area contributed by atoms with Crippen molar-refractivity contribution < 1.29 is 5.11 Å². The van der Waals surface area contributed by atoms with Crippen LogP contribution in [0.3, 0.4) is 0 Å². The number of hydrogen-bond donors (Lipinski definition) is 1. The first-order valence-electron chi connectivity index (χ1n) is 6.09. The zero-order valence-corrected chi connectivity index (χ0v) is 9.84. The van der Waals surface area contributed by atoms with Gasteiger partial charge >= 0.3 is 0 Å². The fourth-order valence-electron chi connectivity index (χ4n) is 2.50. The lowest BCUT2D eigenvalue weighted by Gasteiger charge is -2.29. The largest absolute Gasteiger partial charge is 0.395 e. The molecule has 1 saturated carbocycles. The van der Waals surface area contributed by atoms with Gasteiger partial charge in [-0.3, -0.25) is 0 Å². The van der Waals surface area contributed by atoms with Crippen molar-refractivity contribution in [3.8, 4) is 6.07 Å². The summed E-state index contributed by atoms with van der Waals surface area (Å²) < 4.78 is 0. The Hall–Kier alpha value is -1.60. The van der Waals surface area contributed by atoms with Gasteiger partial charge in [0.1, 0.15) is 11.9 Å². The molecule has 0 radical (unpaired) electrons. The van der Waals surface area contributed by atoms with E-state index in [-0.39, 0.29) is 6.61 Å². The summed E-state index contributed by atoms with van der Waals surface area (Å²) in [6.45, 7) is 0.647. The topological polar surface area (TPSA) is 60.2 Å². The SMILES string of the molecule is N#Cc1cccnc1N(CCO)C1CCCC1. The van der Waals surface area contributed by atoms with E-state index in [4.69, 9.17) is 10.4 Å². The second-order valence-corrected chi connectivity index (χ2v) is 4.34. The second-order valence-electron chi connectivity index (χ2n) is 4.34. The molecule has 0 unspecified atom stereocenters. The highest BCUT2D eigenvalue weighted by molar-refractivity contribution is 5.54. The van der Waals surface area contributed by atoms with Crippen molar-refractivity contribution in [2.45, 2.75) is 31.7 Å². The fraction of sp³-hybridized carbons (Fsp3) is 0.538. The number of nitrogens with zero attached hydrogens (tertiary/aromatic N) is 3. The first kappa shape index (κ1) is 11.9. The van der Waals surface area contributed by atoms with Crippen molar-refractivity contribution >= 4 is 5.82 Å². The summed E-state index contributed by atoms with van der Waals surface area (Å²) in [7, 11) is 0. The van der Waals surface area contributed by atoms with Crippen molar-refractivity contribution in [2.75, 3.05) is 18.1 Å². The van der Waals surface area contributed by atoms with E-state index in [1.165, 1.54) is 12.8 Å². The van der Waals surface area contributed by atoms with E-state index in [2.05, 4.69) is 16.0 Å². The summed E-state index contributed by atoms with van der Waals surface area (Å²) >= 11 is 0. The van der Waals surface area contributed by atoms with Crippen molar-refractivity contribution in [1.29, 1.82) is 5.26 Å². The van der Waals surface area contributed by atoms with Crippen LogP contribution >= 0.6 is 0 Å². The van der Waals surface area contributed by atoms with Gasteiger partial charge in [-0.1, -0.05) is 12.8 Å². The van der Waals surface area contributed by atoms with Gasteiger partial charge in [0.05, 0.1) is 12.2 Å². The molecule has 1 heterocycles. The molecule has 4 heteroatoms. The van der Waals surface area contributed by atoms with Crippen LogP contribution < -0.4 is 4.90 Å². The lowest BCUT2D eigenvalue weighted by Crippen LogP contribution is -2.36. The highest BCUT2D eigenvalue weighted by atomic mass is 16.3. The average Bonchev–Trinajstić information content (AvgIpc) is 2.89. The Bertz CT molecular complexity index is 407. The molecule has 0 amide bonds. The highest BCUT2D eigenvalue weighted by Gasteiger charge is 2.24. The summed E-state index contributed by atoms with van der Waals surface area (Å²) in [5, 5.41) is 18.3. The maximum atomic E-state index is 9.17. The molecule has 4 nitrogen and oxygen atoms in total. The molecule has 0 atom stereocenters. The van der Waals surface area contributed by atoms with Gasteiger partial charge in [0, 0.05) is 18.8 Å². The molecule has 0 bridgehead atoms. The number of aliphatic hydroxyl groups excluding tert-OH is 1. The summed E-state index contributed by atoms with van der Waals surface area (Å²) in [5.41, 5.74) is 0.591. The molecular weight excluding hydrogens is 214 g/mol. The second kappa shape index (κ2) is 5.65. The van der Waals surface area contributed by atoms with Crippen LogP contribution in [0.25, 0.3) is 0 Å². The molecule has 1 aromatic rings. The van der Waals surface area contributed by atoms with Crippen LogP contribution in [0, 0.1) is 11.3 Å². The number of aliphatic hydroxyl groups is 1. The zero-order valence-electron chi connectivity index (χ0n) is 9.84. The monoisotopic (exact) mass is 231 g/mol. The third-order valence-electron chi connectivity index (χ3n) is 3.29. The van der Waals surface area contributed by atoms with Crippen LogP contribution in [0.4, 0.5) is 5.82 Å². The van der Waals surface area contributed by atoms with E-state index in [9.17, 15) is 0 Å². The first-order valence-corrected chi connectivity index (χ1v) is 6.09. The van der Waals surface area contributed by atoms with Gasteiger partial charge in [0.25, 0.3) is 0 Å². The fourth-order valence-corrected chi connectivity index (χ4v) is 2.50. The molecule has 0 saturated heterocycles. The number of anilines is 1. The number of rotatable bonds is 4. The van der Waals surface area contributed by atoms with Gasteiger partial charge in [0.2, 0.25) is 0 Å². The molecule has 1 aromatic heterocycles. The lowest BCUT2D eigenvalue weighted by molar-refractivity contribution is 0.297. The van der Waals surface area contributed by atoms with Gasteiger partial charge < -0.3 is 10.0 Å². The standard InChI is InChI=1S/C13H17N3O/c14-10-11-4-3-7-15-13(11)16(8-9-17)12-5-1-2-6-12/h3-4,7,12,17H,1-2,5-6,8-9H2. The molecular formula is C13H17N3O. The predicted molar refractivity (Wildman–Crippen MR) is 65.6 cm³/mol. The lowest BCUT2D eigenvalue weighted by atomic mass is 10.1. The van der Waals surface area contributed by atoms with E-state index >= 15 is 0 Å². The van der Waals surface area contributed by atoms with Crippen LogP contribution in [0.2, 0.25) is 0 Å². The van der Waals surface area contributed by atoms with Gasteiger partial charge in [-0.15, -0.1) is 0 Å². The Kier molecular flexibility index (Phi) is 3.94. The molecule has 0 aromatic carbocycles. The minimum Gasteiger partial charge on any atom is -0.395 e. The molecule has 90 valence electrons. The van der Waals surface area contributed by atoms with Crippen molar-refractivity contribution in [3.05, 3.63) is 23.9 Å². The number of hydrogen-bond acceptors (Lipinski definition) is 4. The van der Waals surface area contributed by atoms with Crippen molar-refractivity contribution in [1.82, 2.24) is 4.98 Å². The average molecular weight is 231 g/mol. The highest BCUT2D eigenvalue weighted by Crippen LogP contribution is 2.28. The minimum absolute atomic E-state index is 0.0952. The maximum absolute atomic E-state index is 9.17. The molecule has 2 rings (SSSR count). The quantitative estimate of drug-likeness (QED) is 0.856. The Labute approximate surface area is 102 Å². The normalized spacial score (nSPS) is 15.8. The van der Waals surface area contributed by atoms with E-state index in [0.717, 1.165) is 18.7 Å². The molecule has 0 aliphatic heterocycles. The van der Waals surface area contributed by atoms with Crippen LogP contribution in [0.15, 0.2) is 18.3 Å². The minimum atomic E-state index is 0.0952. The Balaban J connectivity index is 2.28. The molecule has 1 aliphatic rings. The zero-order chi connectivity index (χ0) is 12.1. The molecule has 1 fully saturated rings. The molecule has 17 heavy (non-hydrogen) atoms. The van der Waals surface area contributed by atoms with Crippen LogP contribution in [0.1, 0.15) is 31.2 Å². The van der Waals surface area contributed by atoms with Gasteiger partial charge in [0.15, 0.2) is 0 Å². The van der Waals surface area contributed by atoms with Crippen LogP contribution in [-0.2, 0) is 0 Å². The molecule has 0 spiro atoms. The number of pyridine rings is 1. The van der Waals surface area contributed by atoms with Gasteiger partial charge in [-0.25, -0.2) is 4.98 Å². The number of nitriles is 1. The Morgan fingerprint density at radius 2 is 2.24 bits per heavy atom. The summed E-state index contributed by atoms with van der Waals surface area (Å²) in [4.78, 5) is 6.39. The third-order valence-corrected chi connectivity index (χ3v) is 3.29. The van der Waals surface area contributed by atoms with Crippen molar-refractivity contribution in [2.24, 2.45) is 0 Å². The van der Waals surface area contributed by atoms with E-state index < -0.39 is 0 Å². The summed E-state index contributed by atoms with van der Waals surface area (Å²) in [5.74, 6) is 0.718.